The molecule has 0 radical (unpaired) electrons. The van der Waals surface area contributed by atoms with E-state index >= 15 is 0 Å². The van der Waals surface area contributed by atoms with Crippen LogP contribution in [-0.4, -0.2) is 134 Å². The van der Waals surface area contributed by atoms with Gasteiger partial charge in [-0.2, -0.15) is 4.31 Å². The SMILES string of the molecule is CC(C)(C(=O)O)C(=O)SCCNC(=O)CCNC(=O)C(O)C(C)(C)COP(=O)(O)OP(=O)(O)OC[C@H]1O[C@@H](n2cnc3c(N)ncnc32)[C@H](O)[C@@H]1OP(=O)(O)O. The number of fused-ring (bicyclic) bond motifs is 1. The fraction of sp³-hybridized carbons (Fsp3) is 0.654. The number of aromatic nitrogens is 4. The van der Waals surface area contributed by atoms with Gasteiger partial charge < -0.3 is 56.0 Å². The second-order valence-corrected chi connectivity index (χ2v) is 18.4. The van der Waals surface area contributed by atoms with Crippen molar-refractivity contribution in [2.24, 2.45) is 10.8 Å². The Labute approximate surface area is 321 Å². The number of nitrogens with two attached hydrogens (primary N) is 1. The minimum atomic E-state index is -5.59. The van der Waals surface area contributed by atoms with Gasteiger partial charge >= 0.3 is 29.4 Å². The van der Waals surface area contributed by atoms with Crippen molar-refractivity contribution in [2.75, 3.05) is 37.8 Å². The summed E-state index contributed by atoms with van der Waals surface area (Å²) in [7, 11) is -16.5. The molecule has 0 bridgehead atoms. The lowest BCUT2D eigenvalue weighted by Crippen LogP contribution is -2.46. The molecule has 1 fully saturated rings. The number of aliphatic carboxylic acids is 1. The van der Waals surface area contributed by atoms with E-state index in [4.69, 9.17) is 24.6 Å². The molecular weight excluding hydrogens is 839 g/mol. The number of phosphoric acid groups is 3. The highest BCUT2D eigenvalue weighted by atomic mass is 32.2. The molecule has 316 valence electrons. The van der Waals surface area contributed by atoms with Crippen LogP contribution in [0.25, 0.3) is 11.2 Å². The number of carboxylic acid groups (broad SMARTS) is 1. The summed E-state index contributed by atoms with van der Waals surface area (Å²) in [5, 5.41) is 34.6. The van der Waals surface area contributed by atoms with E-state index in [1.807, 2.05) is 0 Å². The molecule has 11 N–H and O–H groups in total. The van der Waals surface area contributed by atoms with Crippen LogP contribution in [0.4, 0.5) is 5.82 Å². The first-order valence-electron chi connectivity index (χ1n) is 16.0. The number of imidazole rings is 1. The third-order valence-electron chi connectivity index (χ3n) is 7.78. The molecule has 56 heavy (non-hydrogen) atoms. The molecule has 3 heterocycles. The van der Waals surface area contributed by atoms with Gasteiger partial charge in [0.05, 0.1) is 19.5 Å². The topological polar surface area (TPSA) is 401 Å². The van der Waals surface area contributed by atoms with Crippen molar-refractivity contribution in [1.82, 2.24) is 30.2 Å². The zero-order valence-corrected chi connectivity index (χ0v) is 33.4. The van der Waals surface area contributed by atoms with Crippen molar-refractivity contribution < 1.29 is 90.4 Å². The molecule has 30 heteroatoms. The number of nitrogens with zero attached hydrogens (tertiary/aromatic N) is 4. The number of anilines is 1. The Morgan fingerprint density at radius 3 is 2.29 bits per heavy atom. The van der Waals surface area contributed by atoms with E-state index in [-0.39, 0.29) is 42.2 Å². The first-order chi connectivity index (χ1) is 25.7. The van der Waals surface area contributed by atoms with Crippen molar-refractivity contribution >= 4 is 75.1 Å². The molecule has 0 spiro atoms. The van der Waals surface area contributed by atoms with E-state index < -0.39 is 101 Å². The monoisotopic (exact) mass is 881 g/mol. The molecule has 2 aromatic rings. The van der Waals surface area contributed by atoms with Crippen molar-refractivity contribution in [2.45, 2.75) is 64.8 Å². The average molecular weight is 882 g/mol. The predicted octanol–water partition coefficient (Wildman–Crippen LogP) is -1.22. The van der Waals surface area contributed by atoms with Crippen molar-refractivity contribution in [3.63, 3.8) is 0 Å². The Morgan fingerprint density at radius 2 is 1.66 bits per heavy atom. The Hall–Kier alpha value is -2.97. The number of phosphoric ester groups is 3. The minimum absolute atomic E-state index is 0.0147. The number of hydrogen-bond acceptors (Lipinski definition) is 19. The molecule has 1 aliphatic rings. The van der Waals surface area contributed by atoms with Gasteiger partial charge in [0.15, 0.2) is 17.7 Å². The Kier molecular flexibility index (Phi) is 15.9. The highest BCUT2D eigenvalue weighted by Crippen LogP contribution is 2.61. The lowest BCUT2D eigenvalue weighted by molar-refractivity contribution is -0.150. The lowest BCUT2D eigenvalue weighted by Gasteiger charge is -2.30. The predicted molar refractivity (Wildman–Crippen MR) is 189 cm³/mol. The summed E-state index contributed by atoms with van der Waals surface area (Å²) in [5.41, 5.74) is 2.58. The maximum atomic E-state index is 12.7. The number of carboxylic acids is 1. The molecule has 0 aliphatic carbocycles. The van der Waals surface area contributed by atoms with Crippen molar-refractivity contribution in [3.8, 4) is 0 Å². The number of carbonyl (C=O) groups is 4. The highest BCUT2D eigenvalue weighted by molar-refractivity contribution is 8.13. The van der Waals surface area contributed by atoms with Crippen LogP contribution in [0.1, 0.15) is 40.3 Å². The highest BCUT2D eigenvalue weighted by Gasteiger charge is 2.50. The summed E-state index contributed by atoms with van der Waals surface area (Å²) in [6.07, 6.45) is -7.14. The van der Waals surface area contributed by atoms with E-state index in [1.165, 1.54) is 27.7 Å². The minimum Gasteiger partial charge on any atom is -0.480 e. The summed E-state index contributed by atoms with van der Waals surface area (Å²) < 4.78 is 61.9. The molecule has 3 rings (SSSR count). The molecule has 3 unspecified atom stereocenters. The molecule has 1 saturated heterocycles. The normalized spacial score (nSPS) is 21.9. The standard InChI is InChI=1S/C26H42N7O19P3S/c1-25(2,18(36)21(37)29-6-5-14(34)28-7-8-56-24(40)26(3,4)23(38)39)10-49-55(46,47)52-54(44,45)48-9-13-17(51-53(41,42)43)16(35)22(50-13)33-12-32-15-19(27)30-11-31-20(15)33/h11-13,16-18,22,35-36H,5-10H2,1-4H3,(H,28,34)(H,29,37)(H,38,39)(H,44,45)(H,46,47)(H2,27,30,31)(H2,41,42,43)/t13-,16-,17-,18?,22-/m1/s1. The van der Waals surface area contributed by atoms with Crippen LogP contribution >= 0.6 is 35.2 Å². The first-order valence-corrected chi connectivity index (χ1v) is 21.5. The molecule has 2 amide bonds. The number of ether oxygens (including phenoxy) is 1. The van der Waals surface area contributed by atoms with Gasteiger partial charge in [-0.3, -0.25) is 37.3 Å². The zero-order valence-electron chi connectivity index (χ0n) is 29.9. The van der Waals surface area contributed by atoms with Gasteiger partial charge in [-0.1, -0.05) is 25.6 Å². The molecular formula is C26H42N7O19P3S. The number of nitrogen functional groups attached to an aromatic ring is 1. The fourth-order valence-electron chi connectivity index (χ4n) is 4.54. The van der Waals surface area contributed by atoms with Gasteiger partial charge in [-0.05, 0) is 13.8 Å². The van der Waals surface area contributed by atoms with E-state index in [2.05, 4.69) is 34.4 Å². The number of aliphatic hydroxyl groups is 2. The number of nitrogens with one attached hydrogen (secondary N) is 2. The van der Waals surface area contributed by atoms with Crippen molar-refractivity contribution in [3.05, 3.63) is 12.7 Å². The van der Waals surface area contributed by atoms with E-state index in [0.29, 0.717) is 0 Å². The van der Waals surface area contributed by atoms with Gasteiger partial charge in [-0.15, -0.1) is 0 Å². The molecule has 26 nitrogen and oxygen atoms in total. The van der Waals surface area contributed by atoms with Gasteiger partial charge in [0, 0.05) is 30.7 Å². The summed E-state index contributed by atoms with van der Waals surface area (Å²) in [6, 6.07) is 0. The Bertz CT molecular complexity index is 1910. The lowest BCUT2D eigenvalue weighted by atomic mass is 9.87. The largest absolute Gasteiger partial charge is 0.481 e. The summed E-state index contributed by atoms with van der Waals surface area (Å²) in [5.74, 6) is -2.84. The second-order valence-electron chi connectivity index (χ2n) is 13.1. The fourth-order valence-corrected chi connectivity index (χ4v) is 8.21. The maximum absolute atomic E-state index is 12.7. The van der Waals surface area contributed by atoms with E-state index in [9.17, 15) is 62.7 Å². The summed E-state index contributed by atoms with van der Waals surface area (Å²) in [4.78, 5) is 98.6. The van der Waals surface area contributed by atoms with E-state index in [0.717, 1.165) is 29.0 Å². The smallest absolute Gasteiger partial charge is 0.480 e. The van der Waals surface area contributed by atoms with E-state index in [1.54, 1.807) is 0 Å². The Morgan fingerprint density at radius 1 is 1.02 bits per heavy atom. The van der Waals surface area contributed by atoms with Crippen molar-refractivity contribution in [1.29, 1.82) is 0 Å². The maximum Gasteiger partial charge on any atom is 0.481 e. The molecule has 1 aliphatic heterocycles. The van der Waals surface area contributed by atoms with Gasteiger partial charge in [0.25, 0.3) is 0 Å². The van der Waals surface area contributed by atoms with Crippen LogP contribution < -0.4 is 16.4 Å². The average Bonchev–Trinajstić information content (AvgIpc) is 3.64. The number of carbonyl (C=O) groups excluding carboxylic acids is 3. The number of amides is 2. The van der Waals surface area contributed by atoms with Crippen LogP contribution in [0.5, 0.6) is 0 Å². The third-order valence-corrected chi connectivity index (χ3v) is 12.1. The van der Waals surface area contributed by atoms with Gasteiger partial charge in [0.2, 0.25) is 16.9 Å². The van der Waals surface area contributed by atoms with Crippen LogP contribution in [0.2, 0.25) is 0 Å². The Balaban J connectivity index is 1.50. The molecule has 2 aromatic heterocycles. The summed E-state index contributed by atoms with van der Waals surface area (Å²) in [6.45, 7) is 2.60. The number of thioether (sulfide) groups is 1. The molecule has 0 saturated carbocycles. The summed E-state index contributed by atoms with van der Waals surface area (Å²) >= 11 is 0.725. The number of hydrogen-bond donors (Lipinski definition) is 10. The first kappa shape index (κ1) is 47.4. The van der Waals surface area contributed by atoms with Crippen LogP contribution in [0.3, 0.4) is 0 Å². The molecule has 0 aromatic carbocycles. The van der Waals surface area contributed by atoms with Gasteiger partial charge in [0.1, 0.15) is 41.7 Å². The molecule has 7 atom stereocenters. The number of rotatable bonds is 21. The zero-order chi connectivity index (χ0) is 42.4. The van der Waals surface area contributed by atoms with Gasteiger partial charge in [-0.25, -0.2) is 28.6 Å². The van der Waals surface area contributed by atoms with Crippen LogP contribution in [0, 0.1) is 10.8 Å². The quantitative estimate of drug-likeness (QED) is 0.0399. The third kappa shape index (κ3) is 13.0. The second kappa shape index (κ2) is 18.7. The number of aliphatic hydroxyl groups excluding tert-OH is 2. The van der Waals surface area contributed by atoms with Crippen LogP contribution in [0.15, 0.2) is 12.7 Å². The van der Waals surface area contributed by atoms with Crippen LogP contribution in [-0.2, 0) is 55.5 Å².